The Balaban J connectivity index is 1.60. The Labute approximate surface area is 108 Å². The number of hydrogen-bond acceptors (Lipinski definition) is 3. The van der Waals surface area contributed by atoms with Crippen molar-refractivity contribution in [3.05, 3.63) is 29.8 Å². The van der Waals surface area contributed by atoms with Crippen LogP contribution in [-0.2, 0) is 16.0 Å². The second-order valence-corrected chi connectivity index (χ2v) is 4.74. The maximum Gasteiger partial charge on any atom is 0.224 e. The average molecular weight is 248 g/mol. The largest absolute Gasteiger partial charge is 0.398 e. The number of nitrogens with one attached hydrogen (secondary N) is 1. The Hall–Kier alpha value is -1.55. The molecule has 1 amide bonds. The normalized spacial score (nSPS) is 14.4. The second kappa shape index (κ2) is 6.40. The highest BCUT2D eigenvalue weighted by molar-refractivity contribution is 5.80. The van der Waals surface area contributed by atoms with E-state index in [1.165, 1.54) is 12.8 Å². The number of anilines is 1. The fraction of sp³-hybridized carbons (Fsp3) is 0.500. The molecule has 0 spiro atoms. The van der Waals surface area contributed by atoms with Gasteiger partial charge in [-0.3, -0.25) is 4.79 Å². The highest BCUT2D eigenvalue weighted by Gasteiger charge is 2.20. The van der Waals surface area contributed by atoms with Gasteiger partial charge in [-0.25, -0.2) is 0 Å². The van der Waals surface area contributed by atoms with Crippen LogP contribution in [0.3, 0.4) is 0 Å². The zero-order chi connectivity index (χ0) is 12.8. The summed E-state index contributed by atoms with van der Waals surface area (Å²) >= 11 is 0. The number of hydrogen-bond donors (Lipinski definition) is 2. The Morgan fingerprint density at radius 1 is 1.39 bits per heavy atom. The molecule has 0 bridgehead atoms. The summed E-state index contributed by atoms with van der Waals surface area (Å²) in [5.41, 5.74) is 7.31. The zero-order valence-electron chi connectivity index (χ0n) is 10.5. The van der Waals surface area contributed by atoms with Gasteiger partial charge in [-0.15, -0.1) is 0 Å². The van der Waals surface area contributed by atoms with Crippen molar-refractivity contribution in [1.82, 2.24) is 5.32 Å². The predicted molar refractivity (Wildman–Crippen MR) is 71.1 cm³/mol. The number of ether oxygens (including phenoxy) is 1. The molecular formula is C14H20N2O2. The number of amides is 1. The van der Waals surface area contributed by atoms with E-state index in [2.05, 4.69) is 5.32 Å². The molecule has 3 N–H and O–H groups in total. The number of carbonyl (C=O) groups is 1. The molecule has 0 saturated heterocycles. The maximum absolute atomic E-state index is 11.7. The van der Waals surface area contributed by atoms with Gasteiger partial charge in [0, 0.05) is 18.8 Å². The quantitative estimate of drug-likeness (QED) is 0.565. The van der Waals surface area contributed by atoms with Crippen molar-refractivity contribution >= 4 is 11.6 Å². The molecule has 2 rings (SSSR count). The number of nitrogens with two attached hydrogens (primary N) is 1. The molecule has 1 aromatic carbocycles. The van der Waals surface area contributed by atoms with Crippen LogP contribution in [0.15, 0.2) is 24.3 Å². The van der Waals surface area contributed by atoms with E-state index < -0.39 is 0 Å². The summed E-state index contributed by atoms with van der Waals surface area (Å²) in [6.45, 7) is 1.99. The Morgan fingerprint density at radius 2 is 2.17 bits per heavy atom. The van der Waals surface area contributed by atoms with Crippen LogP contribution in [0, 0.1) is 5.92 Å². The summed E-state index contributed by atoms with van der Waals surface area (Å²) in [6, 6.07) is 7.43. The van der Waals surface area contributed by atoms with E-state index in [1.807, 2.05) is 18.2 Å². The van der Waals surface area contributed by atoms with Gasteiger partial charge in [-0.1, -0.05) is 18.2 Å². The third-order valence-corrected chi connectivity index (χ3v) is 3.03. The van der Waals surface area contributed by atoms with Gasteiger partial charge in [0.15, 0.2) is 0 Å². The molecule has 0 radical (unpaired) electrons. The Morgan fingerprint density at radius 3 is 2.89 bits per heavy atom. The van der Waals surface area contributed by atoms with E-state index in [-0.39, 0.29) is 5.91 Å². The Bertz CT molecular complexity index is 403. The topological polar surface area (TPSA) is 64.4 Å². The van der Waals surface area contributed by atoms with E-state index >= 15 is 0 Å². The van der Waals surface area contributed by atoms with E-state index in [0.29, 0.717) is 25.3 Å². The van der Waals surface area contributed by atoms with Gasteiger partial charge in [0.1, 0.15) is 0 Å². The molecule has 1 aliphatic carbocycles. The molecule has 0 aromatic heterocycles. The monoisotopic (exact) mass is 248 g/mol. The molecule has 0 heterocycles. The molecule has 98 valence electrons. The minimum Gasteiger partial charge on any atom is -0.398 e. The fourth-order valence-electron chi connectivity index (χ4n) is 1.73. The molecule has 1 aliphatic rings. The van der Waals surface area contributed by atoms with E-state index in [1.54, 1.807) is 6.07 Å². The first-order valence-corrected chi connectivity index (χ1v) is 6.43. The molecule has 1 fully saturated rings. The van der Waals surface area contributed by atoms with E-state index in [9.17, 15) is 4.79 Å². The molecule has 0 aliphatic heterocycles. The lowest BCUT2D eigenvalue weighted by Crippen LogP contribution is -2.29. The highest BCUT2D eigenvalue weighted by atomic mass is 16.5. The number of nitrogen functional groups attached to an aromatic ring is 1. The van der Waals surface area contributed by atoms with Crippen molar-refractivity contribution in [1.29, 1.82) is 0 Å². The summed E-state index contributed by atoms with van der Waals surface area (Å²) in [6.07, 6.45) is 2.91. The summed E-state index contributed by atoms with van der Waals surface area (Å²) < 4.78 is 5.44. The molecular weight excluding hydrogens is 228 g/mol. The maximum atomic E-state index is 11.7. The molecule has 4 heteroatoms. The molecule has 1 aromatic rings. The molecule has 18 heavy (non-hydrogen) atoms. The van der Waals surface area contributed by atoms with Crippen molar-refractivity contribution in [2.75, 3.05) is 25.5 Å². The fourth-order valence-corrected chi connectivity index (χ4v) is 1.73. The van der Waals surface area contributed by atoms with Crippen LogP contribution in [0.5, 0.6) is 0 Å². The number of para-hydroxylation sites is 1. The van der Waals surface area contributed by atoms with Crippen molar-refractivity contribution in [3.63, 3.8) is 0 Å². The van der Waals surface area contributed by atoms with Crippen molar-refractivity contribution in [2.24, 2.45) is 5.92 Å². The van der Waals surface area contributed by atoms with Crippen LogP contribution in [0.25, 0.3) is 0 Å². The van der Waals surface area contributed by atoms with Gasteiger partial charge >= 0.3 is 0 Å². The van der Waals surface area contributed by atoms with Gasteiger partial charge in [-0.05, 0) is 30.4 Å². The van der Waals surface area contributed by atoms with Gasteiger partial charge in [0.25, 0.3) is 0 Å². The third-order valence-electron chi connectivity index (χ3n) is 3.03. The lowest BCUT2D eigenvalue weighted by Gasteiger charge is -2.07. The van der Waals surface area contributed by atoms with Gasteiger partial charge < -0.3 is 15.8 Å². The number of benzene rings is 1. The Kier molecular flexibility index (Phi) is 4.59. The first kappa shape index (κ1) is 12.9. The van der Waals surface area contributed by atoms with Crippen LogP contribution in [0.2, 0.25) is 0 Å². The molecule has 0 unspecified atom stereocenters. The van der Waals surface area contributed by atoms with Crippen LogP contribution in [-0.4, -0.2) is 25.7 Å². The van der Waals surface area contributed by atoms with Crippen LogP contribution in [0.4, 0.5) is 5.69 Å². The highest BCUT2D eigenvalue weighted by Crippen LogP contribution is 2.28. The smallest absolute Gasteiger partial charge is 0.224 e. The lowest BCUT2D eigenvalue weighted by atomic mass is 10.1. The number of rotatable bonds is 7. The summed E-state index contributed by atoms with van der Waals surface area (Å²) in [4.78, 5) is 11.7. The average Bonchev–Trinajstić information content (AvgIpc) is 3.16. The minimum atomic E-state index is -0.0112. The summed E-state index contributed by atoms with van der Waals surface area (Å²) in [5, 5.41) is 2.83. The standard InChI is InChI=1S/C14H20N2O2/c15-13-4-2-1-3-12(13)9-14(17)16-7-8-18-10-11-5-6-11/h1-4,11H,5-10,15H2,(H,16,17). The van der Waals surface area contributed by atoms with Gasteiger partial charge in [0.05, 0.1) is 13.0 Å². The minimum absolute atomic E-state index is 0.0112. The van der Waals surface area contributed by atoms with Gasteiger partial charge in [0.2, 0.25) is 5.91 Å². The molecule has 4 nitrogen and oxygen atoms in total. The third kappa shape index (κ3) is 4.37. The van der Waals surface area contributed by atoms with E-state index in [0.717, 1.165) is 18.1 Å². The number of carbonyl (C=O) groups excluding carboxylic acids is 1. The van der Waals surface area contributed by atoms with Crippen LogP contribution < -0.4 is 11.1 Å². The second-order valence-electron chi connectivity index (χ2n) is 4.74. The molecule has 1 saturated carbocycles. The van der Waals surface area contributed by atoms with Crippen LogP contribution in [0.1, 0.15) is 18.4 Å². The van der Waals surface area contributed by atoms with Crippen LogP contribution >= 0.6 is 0 Å². The molecule has 0 atom stereocenters. The SMILES string of the molecule is Nc1ccccc1CC(=O)NCCOCC1CC1. The first-order chi connectivity index (χ1) is 8.75. The first-order valence-electron chi connectivity index (χ1n) is 6.43. The predicted octanol–water partition coefficient (Wildman–Crippen LogP) is 1.35. The van der Waals surface area contributed by atoms with Crippen molar-refractivity contribution < 1.29 is 9.53 Å². The summed E-state index contributed by atoms with van der Waals surface area (Å²) in [7, 11) is 0. The summed E-state index contributed by atoms with van der Waals surface area (Å²) in [5.74, 6) is 0.757. The zero-order valence-corrected chi connectivity index (χ0v) is 10.5. The van der Waals surface area contributed by atoms with Crippen molar-refractivity contribution in [2.45, 2.75) is 19.3 Å². The van der Waals surface area contributed by atoms with Crippen molar-refractivity contribution in [3.8, 4) is 0 Å². The van der Waals surface area contributed by atoms with E-state index in [4.69, 9.17) is 10.5 Å². The van der Waals surface area contributed by atoms with Gasteiger partial charge in [-0.2, -0.15) is 0 Å². The lowest BCUT2D eigenvalue weighted by molar-refractivity contribution is -0.120.